The Hall–Kier alpha value is -1.26. The van der Waals surface area contributed by atoms with Gasteiger partial charge in [-0.1, -0.05) is 23.7 Å². The molecule has 0 radical (unpaired) electrons. The molecule has 1 aromatic rings. The minimum atomic E-state index is -0.0556. The Morgan fingerprint density at radius 1 is 1.33 bits per heavy atom. The summed E-state index contributed by atoms with van der Waals surface area (Å²) >= 11 is 5.91. The molecule has 0 saturated carbocycles. The van der Waals surface area contributed by atoms with Gasteiger partial charge in [-0.3, -0.25) is 4.79 Å². The van der Waals surface area contributed by atoms with Crippen LogP contribution in [0.4, 0.5) is 0 Å². The number of ether oxygens (including phenoxy) is 1. The molecule has 0 bridgehead atoms. The van der Waals surface area contributed by atoms with Crippen molar-refractivity contribution in [3.05, 3.63) is 29.3 Å². The van der Waals surface area contributed by atoms with Gasteiger partial charge in [0.05, 0.1) is 18.1 Å². The summed E-state index contributed by atoms with van der Waals surface area (Å²) in [5, 5.41) is 11.9. The molecular weight excluding hydrogens is 254 g/mol. The summed E-state index contributed by atoms with van der Waals surface area (Å²) in [5.74, 6) is 0.534. The number of nitrogens with one attached hydrogen (secondary N) is 1. The number of hydrogen-bond donors (Lipinski definition) is 2. The molecule has 1 rings (SSSR count). The molecule has 0 aliphatic heterocycles. The summed E-state index contributed by atoms with van der Waals surface area (Å²) < 4.78 is 5.40. The summed E-state index contributed by atoms with van der Waals surface area (Å²) in [6.45, 7) is 1.05. The molecule has 0 heterocycles. The van der Waals surface area contributed by atoms with Gasteiger partial charge in [-0.05, 0) is 25.0 Å². The number of aliphatic hydroxyl groups excluding tert-OH is 1. The summed E-state index contributed by atoms with van der Waals surface area (Å²) in [6.07, 6.45) is 1.79. The van der Waals surface area contributed by atoms with Crippen LogP contribution in [-0.2, 0) is 4.79 Å². The minimum Gasteiger partial charge on any atom is -0.491 e. The van der Waals surface area contributed by atoms with E-state index in [1.54, 1.807) is 12.1 Å². The van der Waals surface area contributed by atoms with Gasteiger partial charge in [0.15, 0.2) is 0 Å². The van der Waals surface area contributed by atoms with E-state index in [1.165, 1.54) is 0 Å². The zero-order valence-electron chi connectivity index (χ0n) is 10.2. The summed E-state index contributed by atoms with van der Waals surface area (Å²) in [6, 6.07) is 7.16. The van der Waals surface area contributed by atoms with Crippen LogP contribution in [0.25, 0.3) is 0 Å². The fraction of sp³-hybridized carbons (Fsp3) is 0.462. The molecule has 0 unspecified atom stereocenters. The highest BCUT2D eigenvalue weighted by Gasteiger charge is 2.03. The van der Waals surface area contributed by atoms with Gasteiger partial charge in [-0.25, -0.2) is 0 Å². The smallest absolute Gasteiger partial charge is 0.223 e. The van der Waals surface area contributed by atoms with Crippen molar-refractivity contribution in [3.8, 4) is 5.75 Å². The maximum absolute atomic E-state index is 11.4. The highest BCUT2D eigenvalue weighted by molar-refractivity contribution is 6.32. The molecule has 0 saturated heterocycles. The van der Waals surface area contributed by atoms with Crippen LogP contribution in [0.5, 0.6) is 5.75 Å². The van der Waals surface area contributed by atoms with Crippen LogP contribution in [-0.4, -0.2) is 30.8 Å². The van der Waals surface area contributed by atoms with E-state index in [4.69, 9.17) is 21.4 Å². The molecule has 100 valence electrons. The number of hydrogen-bond acceptors (Lipinski definition) is 3. The third-order valence-electron chi connectivity index (χ3n) is 2.33. The van der Waals surface area contributed by atoms with Gasteiger partial charge in [0, 0.05) is 13.2 Å². The van der Waals surface area contributed by atoms with Crippen molar-refractivity contribution in [2.45, 2.75) is 19.3 Å². The fourth-order valence-corrected chi connectivity index (χ4v) is 1.56. The highest BCUT2D eigenvalue weighted by atomic mass is 35.5. The Labute approximate surface area is 112 Å². The van der Waals surface area contributed by atoms with E-state index in [2.05, 4.69) is 5.32 Å². The molecule has 4 nitrogen and oxygen atoms in total. The first-order valence-electron chi connectivity index (χ1n) is 5.99. The van der Waals surface area contributed by atoms with Crippen molar-refractivity contribution in [3.63, 3.8) is 0 Å². The standard InChI is InChI=1S/C13H18ClNO3/c14-11-5-1-2-6-12(11)18-10-7-13(17)15-8-3-4-9-16/h1-2,5-6,16H,3-4,7-10H2,(H,15,17). The molecule has 2 N–H and O–H groups in total. The third kappa shape index (κ3) is 5.89. The van der Waals surface area contributed by atoms with Gasteiger partial charge in [-0.2, -0.15) is 0 Å². The predicted molar refractivity (Wildman–Crippen MR) is 70.9 cm³/mol. The largest absolute Gasteiger partial charge is 0.491 e. The average molecular weight is 272 g/mol. The lowest BCUT2D eigenvalue weighted by atomic mass is 10.3. The van der Waals surface area contributed by atoms with Crippen LogP contribution in [0, 0.1) is 0 Å². The third-order valence-corrected chi connectivity index (χ3v) is 2.64. The van der Waals surface area contributed by atoms with Crippen LogP contribution in [0.2, 0.25) is 5.02 Å². The van der Waals surface area contributed by atoms with Crippen LogP contribution >= 0.6 is 11.6 Å². The Morgan fingerprint density at radius 3 is 2.83 bits per heavy atom. The Morgan fingerprint density at radius 2 is 2.11 bits per heavy atom. The second kappa shape index (κ2) is 8.78. The Kier molecular flexibility index (Phi) is 7.22. The zero-order valence-corrected chi connectivity index (χ0v) is 10.9. The van der Waals surface area contributed by atoms with Gasteiger partial charge in [0.1, 0.15) is 5.75 Å². The highest BCUT2D eigenvalue weighted by Crippen LogP contribution is 2.22. The molecule has 0 aromatic heterocycles. The first kappa shape index (κ1) is 14.8. The SMILES string of the molecule is O=C(CCOc1ccccc1Cl)NCCCCO. The number of amides is 1. The molecule has 0 fully saturated rings. The van der Waals surface area contributed by atoms with Crippen molar-refractivity contribution in [2.75, 3.05) is 19.8 Å². The summed E-state index contributed by atoms with van der Waals surface area (Å²) in [7, 11) is 0. The molecule has 1 aromatic carbocycles. The maximum Gasteiger partial charge on any atom is 0.223 e. The number of rotatable bonds is 8. The number of halogens is 1. The van der Waals surface area contributed by atoms with Crippen molar-refractivity contribution < 1.29 is 14.6 Å². The average Bonchev–Trinajstić information content (AvgIpc) is 2.37. The number of benzene rings is 1. The lowest BCUT2D eigenvalue weighted by Gasteiger charge is -2.08. The van der Waals surface area contributed by atoms with E-state index in [1.807, 2.05) is 12.1 Å². The van der Waals surface area contributed by atoms with Crippen molar-refractivity contribution >= 4 is 17.5 Å². The van der Waals surface area contributed by atoms with E-state index in [9.17, 15) is 4.79 Å². The van der Waals surface area contributed by atoms with Crippen LogP contribution in [0.15, 0.2) is 24.3 Å². The van der Waals surface area contributed by atoms with Crippen molar-refractivity contribution in [1.82, 2.24) is 5.32 Å². The van der Waals surface area contributed by atoms with E-state index >= 15 is 0 Å². The van der Waals surface area contributed by atoms with E-state index in [-0.39, 0.29) is 12.5 Å². The number of carbonyl (C=O) groups excluding carboxylic acids is 1. The topological polar surface area (TPSA) is 58.6 Å². The normalized spacial score (nSPS) is 10.1. The van der Waals surface area contributed by atoms with Gasteiger partial charge in [0.25, 0.3) is 0 Å². The van der Waals surface area contributed by atoms with E-state index in [0.29, 0.717) is 36.8 Å². The molecule has 0 spiro atoms. The lowest BCUT2D eigenvalue weighted by Crippen LogP contribution is -2.26. The predicted octanol–water partition coefficient (Wildman–Crippen LogP) is 2.00. The lowest BCUT2D eigenvalue weighted by molar-refractivity contribution is -0.121. The van der Waals surface area contributed by atoms with E-state index < -0.39 is 0 Å². The molecule has 5 heteroatoms. The molecular formula is C13H18ClNO3. The Balaban J connectivity index is 2.14. The fourth-order valence-electron chi connectivity index (χ4n) is 1.37. The van der Waals surface area contributed by atoms with Gasteiger partial charge in [-0.15, -0.1) is 0 Å². The second-order valence-corrected chi connectivity index (χ2v) is 4.22. The summed E-state index contributed by atoms with van der Waals surface area (Å²) in [4.78, 5) is 11.4. The molecule has 0 aliphatic carbocycles. The van der Waals surface area contributed by atoms with Crippen LogP contribution < -0.4 is 10.1 Å². The zero-order chi connectivity index (χ0) is 13.2. The maximum atomic E-state index is 11.4. The van der Waals surface area contributed by atoms with Gasteiger partial charge in [0.2, 0.25) is 5.91 Å². The van der Waals surface area contributed by atoms with Crippen molar-refractivity contribution in [1.29, 1.82) is 0 Å². The Bertz CT molecular complexity index is 371. The van der Waals surface area contributed by atoms with Crippen LogP contribution in [0.3, 0.4) is 0 Å². The monoisotopic (exact) mass is 271 g/mol. The molecule has 1 amide bonds. The minimum absolute atomic E-state index is 0.0556. The van der Waals surface area contributed by atoms with Gasteiger partial charge >= 0.3 is 0 Å². The summed E-state index contributed by atoms with van der Waals surface area (Å²) in [5.41, 5.74) is 0. The quantitative estimate of drug-likeness (QED) is 0.711. The second-order valence-electron chi connectivity index (χ2n) is 3.81. The van der Waals surface area contributed by atoms with E-state index in [0.717, 1.165) is 6.42 Å². The first-order valence-corrected chi connectivity index (χ1v) is 6.36. The molecule has 0 aliphatic rings. The van der Waals surface area contributed by atoms with Crippen LogP contribution in [0.1, 0.15) is 19.3 Å². The van der Waals surface area contributed by atoms with Crippen molar-refractivity contribution in [2.24, 2.45) is 0 Å². The molecule has 18 heavy (non-hydrogen) atoms. The number of para-hydroxylation sites is 1. The first-order chi connectivity index (χ1) is 8.74. The number of aliphatic hydroxyl groups is 1. The number of carbonyl (C=O) groups is 1. The molecule has 0 atom stereocenters. The van der Waals surface area contributed by atoms with Gasteiger partial charge < -0.3 is 15.2 Å². The number of unbranched alkanes of at least 4 members (excludes halogenated alkanes) is 1.